The van der Waals surface area contributed by atoms with Gasteiger partial charge in [-0.15, -0.1) is 0 Å². The van der Waals surface area contributed by atoms with E-state index in [4.69, 9.17) is 25.8 Å². The molecule has 0 radical (unpaired) electrons. The van der Waals surface area contributed by atoms with Crippen molar-refractivity contribution in [1.29, 1.82) is 0 Å². The molecule has 0 aliphatic rings. The molecule has 0 fully saturated rings. The van der Waals surface area contributed by atoms with E-state index in [9.17, 15) is 9.59 Å². The van der Waals surface area contributed by atoms with Gasteiger partial charge in [-0.1, -0.05) is 36.7 Å². The first kappa shape index (κ1) is 25.6. The summed E-state index contributed by atoms with van der Waals surface area (Å²) >= 11 is 6.26. The molecular weight excluding hydrogens is 470 g/mol. The number of amides is 2. The van der Waals surface area contributed by atoms with Crippen LogP contribution in [-0.2, 0) is 4.79 Å². The molecule has 0 aliphatic carbocycles. The van der Waals surface area contributed by atoms with E-state index < -0.39 is 5.91 Å². The quantitative estimate of drug-likeness (QED) is 0.290. The highest BCUT2D eigenvalue weighted by Crippen LogP contribution is 2.28. The Balaban J connectivity index is 1.53. The highest BCUT2D eigenvalue weighted by molar-refractivity contribution is 6.32. The number of para-hydroxylation sites is 1. The van der Waals surface area contributed by atoms with Gasteiger partial charge in [0.15, 0.2) is 18.1 Å². The lowest BCUT2D eigenvalue weighted by molar-refractivity contribution is -0.118. The number of carbonyl (C=O) groups is 2. The number of carbonyl (C=O) groups excluding carboxylic acids is 2. The molecule has 0 atom stereocenters. The number of rotatable bonds is 11. The fourth-order valence-corrected chi connectivity index (χ4v) is 3.19. The van der Waals surface area contributed by atoms with Gasteiger partial charge in [0.1, 0.15) is 5.75 Å². The Morgan fingerprint density at radius 2 is 1.74 bits per heavy atom. The minimum atomic E-state index is -0.405. The molecule has 182 valence electrons. The van der Waals surface area contributed by atoms with Crippen LogP contribution in [0.1, 0.15) is 29.3 Å². The first-order chi connectivity index (χ1) is 17.0. The molecule has 3 aromatic carbocycles. The summed E-state index contributed by atoms with van der Waals surface area (Å²) in [6.07, 6.45) is 2.31. The predicted octanol–water partition coefficient (Wildman–Crippen LogP) is 4.92. The average molecular weight is 496 g/mol. The van der Waals surface area contributed by atoms with Crippen LogP contribution in [0.3, 0.4) is 0 Å². The average Bonchev–Trinajstić information content (AvgIpc) is 2.87. The summed E-state index contributed by atoms with van der Waals surface area (Å²) in [5, 5.41) is 7.01. The van der Waals surface area contributed by atoms with Crippen molar-refractivity contribution in [2.75, 3.05) is 25.6 Å². The summed E-state index contributed by atoms with van der Waals surface area (Å²) in [4.78, 5) is 24.5. The number of anilines is 1. The van der Waals surface area contributed by atoms with Crippen LogP contribution in [0.2, 0.25) is 5.02 Å². The van der Waals surface area contributed by atoms with Crippen LogP contribution in [0.5, 0.6) is 17.2 Å². The molecule has 2 N–H and O–H groups in total. The number of hydrogen-bond donors (Lipinski definition) is 2. The second-order valence-electron chi connectivity index (χ2n) is 7.31. The summed E-state index contributed by atoms with van der Waals surface area (Å²) in [6, 6.07) is 18.9. The molecule has 0 saturated heterocycles. The van der Waals surface area contributed by atoms with Crippen LogP contribution < -0.4 is 25.0 Å². The highest BCUT2D eigenvalue weighted by atomic mass is 35.5. The second-order valence-corrected chi connectivity index (χ2v) is 7.71. The maximum Gasteiger partial charge on any atom is 0.271 e. The maximum absolute atomic E-state index is 12.4. The highest BCUT2D eigenvalue weighted by Gasteiger charge is 2.11. The van der Waals surface area contributed by atoms with Crippen LogP contribution in [0.4, 0.5) is 5.69 Å². The molecule has 0 aromatic heterocycles. The van der Waals surface area contributed by atoms with E-state index in [1.807, 2.05) is 25.1 Å². The molecule has 8 nitrogen and oxygen atoms in total. The lowest BCUT2D eigenvalue weighted by atomic mass is 10.2. The molecule has 0 aliphatic heterocycles. The summed E-state index contributed by atoms with van der Waals surface area (Å²) < 4.78 is 16.4. The van der Waals surface area contributed by atoms with Crippen molar-refractivity contribution < 1.29 is 23.8 Å². The van der Waals surface area contributed by atoms with Gasteiger partial charge in [-0.05, 0) is 60.5 Å². The number of hydrogen-bond acceptors (Lipinski definition) is 6. The van der Waals surface area contributed by atoms with Crippen molar-refractivity contribution in [3.63, 3.8) is 0 Å². The standard InChI is InChI=1S/C26H26ClN3O5/c1-3-13-34-23-12-10-19(15-24(23)33-2)26(32)30-28-16-18-9-11-22(21(27)14-18)35-17-25(31)29-20-7-5-4-6-8-20/h4-12,14-16H,3,13,17H2,1-2H3,(H,29,31)(H,30,32)/b28-16+. The SMILES string of the molecule is CCCOc1ccc(C(=O)N/N=C/c2ccc(OCC(=O)Nc3ccccc3)c(Cl)c2)cc1OC. The normalized spacial score (nSPS) is 10.6. The molecule has 0 spiro atoms. The fourth-order valence-electron chi connectivity index (χ4n) is 2.95. The zero-order valence-electron chi connectivity index (χ0n) is 19.4. The molecule has 0 unspecified atom stereocenters. The second kappa shape index (κ2) is 13.0. The van der Waals surface area contributed by atoms with E-state index in [2.05, 4.69) is 15.8 Å². The Morgan fingerprint density at radius 3 is 2.46 bits per heavy atom. The van der Waals surface area contributed by atoms with Crippen molar-refractivity contribution in [3.8, 4) is 17.2 Å². The third kappa shape index (κ3) is 7.75. The van der Waals surface area contributed by atoms with Crippen LogP contribution in [0.15, 0.2) is 71.8 Å². The van der Waals surface area contributed by atoms with Crippen LogP contribution in [0.25, 0.3) is 0 Å². The largest absolute Gasteiger partial charge is 0.493 e. The number of halogens is 1. The maximum atomic E-state index is 12.4. The zero-order chi connectivity index (χ0) is 25.0. The number of nitrogens with one attached hydrogen (secondary N) is 2. The zero-order valence-corrected chi connectivity index (χ0v) is 20.2. The van der Waals surface area contributed by atoms with Gasteiger partial charge < -0.3 is 19.5 Å². The molecule has 35 heavy (non-hydrogen) atoms. The van der Waals surface area contributed by atoms with Crippen molar-refractivity contribution in [1.82, 2.24) is 5.43 Å². The molecule has 3 rings (SSSR count). The monoisotopic (exact) mass is 495 g/mol. The van der Waals surface area contributed by atoms with Gasteiger partial charge >= 0.3 is 0 Å². The fraction of sp³-hybridized carbons (Fsp3) is 0.192. The topological polar surface area (TPSA) is 98.3 Å². The predicted molar refractivity (Wildman–Crippen MR) is 136 cm³/mol. The Morgan fingerprint density at radius 1 is 0.971 bits per heavy atom. The Kier molecular flexibility index (Phi) is 9.50. The molecule has 2 amide bonds. The van der Waals surface area contributed by atoms with Crippen molar-refractivity contribution in [3.05, 3.63) is 82.9 Å². The van der Waals surface area contributed by atoms with Crippen LogP contribution in [0, 0.1) is 0 Å². The summed E-state index contributed by atoms with van der Waals surface area (Å²) in [6.45, 7) is 2.37. The summed E-state index contributed by atoms with van der Waals surface area (Å²) in [5.74, 6) is 0.687. The van der Waals surface area contributed by atoms with Crippen LogP contribution in [-0.4, -0.2) is 38.4 Å². The Bertz CT molecular complexity index is 1180. The van der Waals surface area contributed by atoms with Crippen LogP contribution >= 0.6 is 11.6 Å². The Hall–Kier alpha value is -4.04. The van der Waals surface area contributed by atoms with Gasteiger partial charge in [-0.3, -0.25) is 9.59 Å². The minimum absolute atomic E-state index is 0.191. The molecular formula is C26H26ClN3O5. The van der Waals surface area contributed by atoms with E-state index >= 15 is 0 Å². The molecule has 0 bridgehead atoms. The molecule has 0 heterocycles. The van der Waals surface area contributed by atoms with Gasteiger partial charge in [-0.25, -0.2) is 5.43 Å². The minimum Gasteiger partial charge on any atom is -0.493 e. The van der Waals surface area contributed by atoms with Gasteiger partial charge in [0.25, 0.3) is 11.8 Å². The van der Waals surface area contributed by atoms with E-state index in [1.54, 1.807) is 48.5 Å². The number of hydrazone groups is 1. The molecule has 0 saturated carbocycles. The van der Waals surface area contributed by atoms with Gasteiger partial charge in [0.2, 0.25) is 0 Å². The number of benzene rings is 3. The smallest absolute Gasteiger partial charge is 0.271 e. The number of nitrogens with zero attached hydrogens (tertiary/aromatic N) is 1. The van der Waals surface area contributed by atoms with Crippen molar-refractivity contribution >= 4 is 35.3 Å². The lowest BCUT2D eigenvalue weighted by Gasteiger charge is -2.11. The number of methoxy groups -OCH3 is 1. The third-order valence-corrected chi connectivity index (χ3v) is 4.93. The third-order valence-electron chi connectivity index (χ3n) is 4.64. The Labute approximate surface area is 208 Å². The summed E-state index contributed by atoms with van der Waals surface area (Å²) in [7, 11) is 1.51. The van der Waals surface area contributed by atoms with E-state index in [0.717, 1.165) is 6.42 Å². The van der Waals surface area contributed by atoms with Gasteiger partial charge in [0, 0.05) is 11.3 Å². The van der Waals surface area contributed by atoms with Crippen molar-refractivity contribution in [2.45, 2.75) is 13.3 Å². The molecule has 3 aromatic rings. The summed E-state index contributed by atoms with van der Waals surface area (Å²) in [5.41, 5.74) is 4.16. The number of ether oxygens (including phenoxy) is 3. The lowest BCUT2D eigenvalue weighted by Crippen LogP contribution is -2.20. The molecule has 9 heteroatoms. The van der Waals surface area contributed by atoms with E-state index in [1.165, 1.54) is 13.3 Å². The van der Waals surface area contributed by atoms with E-state index in [-0.39, 0.29) is 12.5 Å². The van der Waals surface area contributed by atoms with Gasteiger partial charge in [0.05, 0.1) is 25.0 Å². The first-order valence-electron chi connectivity index (χ1n) is 10.9. The van der Waals surface area contributed by atoms with E-state index in [0.29, 0.717) is 45.7 Å². The van der Waals surface area contributed by atoms with Crippen molar-refractivity contribution in [2.24, 2.45) is 5.10 Å². The first-order valence-corrected chi connectivity index (χ1v) is 11.3. The van der Waals surface area contributed by atoms with Gasteiger partial charge in [-0.2, -0.15) is 5.10 Å².